The van der Waals surface area contributed by atoms with Crippen LogP contribution in [0.3, 0.4) is 0 Å². The van der Waals surface area contributed by atoms with Crippen LogP contribution >= 0.6 is 11.8 Å². The van der Waals surface area contributed by atoms with Gasteiger partial charge < -0.3 is 5.73 Å². The Balaban J connectivity index is 2.04. The van der Waals surface area contributed by atoms with Gasteiger partial charge in [0.2, 0.25) is 5.91 Å². The molecule has 1 heterocycles. The first-order chi connectivity index (χ1) is 5.27. The van der Waals surface area contributed by atoms with Crippen LogP contribution in [0.4, 0.5) is 0 Å². The molecule has 0 aromatic heterocycles. The quantitative estimate of drug-likeness (QED) is 0.619. The molecule has 0 saturated heterocycles. The van der Waals surface area contributed by atoms with Crippen molar-refractivity contribution in [1.82, 2.24) is 0 Å². The molecule has 3 atom stereocenters. The molecule has 3 nitrogen and oxygen atoms in total. The summed E-state index contributed by atoms with van der Waals surface area (Å²) in [5.41, 5.74) is 7.10. The van der Waals surface area contributed by atoms with Gasteiger partial charge in [0.25, 0.3) is 0 Å². The van der Waals surface area contributed by atoms with Crippen LogP contribution in [-0.4, -0.2) is 22.7 Å². The van der Waals surface area contributed by atoms with Crippen molar-refractivity contribution >= 4 is 23.2 Å². The molecule has 1 saturated carbocycles. The smallest absolute Gasteiger partial charge is 0.220 e. The Bertz CT molecular complexity index is 216. The second-order valence-corrected chi connectivity index (χ2v) is 4.16. The molecular weight excluding hydrogens is 160 g/mol. The highest BCUT2D eigenvalue weighted by molar-refractivity contribution is 8.12. The minimum atomic E-state index is -0.157. The Hall–Kier alpha value is -0.510. The summed E-state index contributed by atoms with van der Waals surface area (Å²) in [6.07, 6.45) is 1.79. The molecule has 0 spiro atoms. The number of rotatable bonds is 1. The van der Waals surface area contributed by atoms with Crippen LogP contribution in [0.25, 0.3) is 0 Å². The zero-order valence-corrected chi connectivity index (χ0v) is 6.88. The predicted octanol–water partition coefficient (Wildman–Crippen LogP) is 0.394. The SMILES string of the molecule is NC(=O)C1CC2N=CSC2C1. The summed E-state index contributed by atoms with van der Waals surface area (Å²) in [7, 11) is 0. The fourth-order valence-electron chi connectivity index (χ4n) is 1.70. The minimum Gasteiger partial charge on any atom is -0.369 e. The average molecular weight is 170 g/mol. The van der Waals surface area contributed by atoms with E-state index in [9.17, 15) is 4.79 Å². The van der Waals surface area contributed by atoms with Crippen LogP contribution in [-0.2, 0) is 4.79 Å². The summed E-state index contributed by atoms with van der Waals surface area (Å²) >= 11 is 1.73. The molecule has 1 fully saturated rings. The van der Waals surface area contributed by atoms with Gasteiger partial charge in [-0.2, -0.15) is 0 Å². The van der Waals surface area contributed by atoms with E-state index in [0.29, 0.717) is 11.3 Å². The molecule has 60 valence electrons. The normalized spacial score (nSPS) is 40.9. The summed E-state index contributed by atoms with van der Waals surface area (Å²) in [5, 5.41) is 0.535. The number of aliphatic imine (C=N–C) groups is 1. The van der Waals surface area contributed by atoms with E-state index in [1.807, 2.05) is 5.55 Å². The van der Waals surface area contributed by atoms with Gasteiger partial charge in [-0.05, 0) is 12.8 Å². The van der Waals surface area contributed by atoms with Crippen molar-refractivity contribution < 1.29 is 4.79 Å². The molecular formula is C7H10N2OS. The number of carbonyl (C=O) groups excluding carboxylic acids is 1. The number of hydrogen-bond donors (Lipinski definition) is 1. The van der Waals surface area contributed by atoms with E-state index in [2.05, 4.69) is 4.99 Å². The number of thioether (sulfide) groups is 1. The number of fused-ring (bicyclic) bond motifs is 1. The van der Waals surface area contributed by atoms with E-state index in [-0.39, 0.29) is 11.8 Å². The van der Waals surface area contributed by atoms with Crippen LogP contribution in [0.1, 0.15) is 12.8 Å². The molecule has 2 rings (SSSR count). The lowest BCUT2D eigenvalue weighted by atomic mass is 10.1. The largest absolute Gasteiger partial charge is 0.369 e. The van der Waals surface area contributed by atoms with Gasteiger partial charge in [0.05, 0.1) is 11.6 Å². The van der Waals surface area contributed by atoms with Crippen LogP contribution in [0.15, 0.2) is 4.99 Å². The summed E-state index contributed by atoms with van der Waals surface area (Å²) in [4.78, 5) is 15.1. The van der Waals surface area contributed by atoms with E-state index < -0.39 is 0 Å². The van der Waals surface area contributed by atoms with Crippen molar-refractivity contribution in [3.63, 3.8) is 0 Å². The summed E-state index contributed by atoms with van der Waals surface area (Å²) in [6.45, 7) is 0. The number of hydrogen-bond acceptors (Lipinski definition) is 3. The average Bonchev–Trinajstić information content (AvgIpc) is 2.40. The zero-order valence-electron chi connectivity index (χ0n) is 6.06. The molecule has 0 bridgehead atoms. The van der Waals surface area contributed by atoms with Crippen molar-refractivity contribution in [3.8, 4) is 0 Å². The van der Waals surface area contributed by atoms with Crippen molar-refractivity contribution in [1.29, 1.82) is 0 Å². The van der Waals surface area contributed by atoms with Gasteiger partial charge >= 0.3 is 0 Å². The van der Waals surface area contributed by atoms with Gasteiger partial charge in [0, 0.05) is 11.2 Å². The molecule has 1 amide bonds. The summed E-state index contributed by atoms with van der Waals surface area (Å²) in [6, 6.07) is 0.373. The molecule has 1 aliphatic heterocycles. The lowest BCUT2D eigenvalue weighted by Gasteiger charge is -2.02. The molecule has 2 N–H and O–H groups in total. The van der Waals surface area contributed by atoms with Gasteiger partial charge in [0.1, 0.15) is 0 Å². The third-order valence-electron chi connectivity index (χ3n) is 2.36. The number of primary amides is 1. The third-order valence-corrected chi connectivity index (χ3v) is 3.46. The van der Waals surface area contributed by atoms with Gasteiger partial charge in [-0.3, -0.25) is 9.79 Å². The fraction of sp³-hybridized carbons (Fsp3) is 0.714. The zero-order chi connectivity index (χ0) is 7.84. The predicted molar refractivity (Wildman–Crippen MR) is 45.6 cm³/mol. The van der Waals surface area contributed by atoms with E-state index in [1.165, 1.54) is 0 Å². The van der Waals surface area contributed by atoms with Gasteiger partial charge in [-0.15, -0.1) is 11.8 Å². The number of nitrogens with two attached hydrogens (primary N) is 1. The van der Waals surface area contributed by atoms with Crippen LogP contribution in [0.5, 0.6) is 0 Å². The lowest BCUT2D eigenvalue weighted by molar-refractivity contribution is -0.121. The van der Waals surface area contributed by atoms with Crippen LogP contribution in [0.2, 0.25) is 0 Å². The number of amides is 1. The molecule has 0 aromatic rings. The van der Waals surface area contributed by atoms with E-state index >= 15 is 0 Å². The molecule has 0 aromatic carbocycles. The van der Waals surface area contributed by atoms with Crippen LogP contribution in [0, 0.1) is 5.92 Å². The number of nitrogens with zero attached hydrogens (tertiary/aromatic N) is 1. The van der Waals surface area contributed by atoms with E-state index in [4.69, 9.17) is 5.73 Å². The molecule has 2 aliphatic rings. The maximum Gasteiger partial charge on any atom is 0.220 e. The second-order valence-electron chi connectivity index (χ2n) is 3.07. The Morgan fingerprint density at radius 2 is 2.45 bits per heavy atom. The molecule has 11 heavy (non-hydrogen) atoms. The Labute approximate surface area is 69.4 Å². The fourth-order valence-corrected chi connectivity index (χ4v) is 2.79. The first-order valence-electron chi connectivity index (χ1n) is 3.74. The summed E-state index contributed by atoms with van der Waals surface area (Å²) in [5.74, 6) is -0.0786. The van der Waals surface area contributed by atoms with Gasteiger partial charge in [-0.25, -0.2) is 0 Å². The molecule has 3 unspecified atom stereocenters. The Morgan fingerprint density at radius 3 is 3.09 bits per heavy atom. The molecule has 4 heteroatoms. The van der Waals surface area contributed by atoms with E-state index in [0.717, 1.165) is 12.8 Å². The lowest BCUT2D eigenvalue weighted by Crippen LogP contribution is -2.21. The number of carbonyl (C=O) groups is 1. The van der Waals surface area contributed by atoms with E-state index in [1.54, 1.807) is 11.8 Å². The standard InChI is InChI=1S/C7H10N2OS/c8-7(10)4-1-5-6(2-4)11-3-9-5/h3-6H,1-2H2,(H2,8,10). The molecule has 0 radical (unpaired) electrons. The van der Waals surface area contributed by atoms with Crippen LogP contribution < -0.4 is 5.73 Å². The van der Waals surface area contributed by atoms with Crippen molar-refractivity contribution in [2.24, 2.45) is 16.6 Å². The highest BCUT2D eigenvalue weighted by Crippen LogP contribution is 2.38. The third kappa shape index (κ3) is 1.15. The highest BCUT2D eigenvalue weighted by atomic mass is 32.2. The maximum absolute atomic E-state index is 10.8. The first kappa shape index (κ1) is 7.16. The Morgan fingerprint density at radius 1 is 1.64 bits per heavy atom. The van der Waals surface area contributed by atoms with Gasteiger partial charge in [-0.1, -0.05) is 0 Å². The topological polar surface area (TPSA) is 55.5 Å². The van der Waals surface area contributed by atoms with Crippen molar-refractivity contribution in [2.45, 2.75) is 24.1 Å². The highest BCUT2D eigenvalue weighted by Gasteiger charge is 2.38. The minimum absolute atomic E-state index is 0.0787. The Kier molecular flexibility index (Phi) is 1.64. The second kappa shape index (κ2) is 2.52. The van der Waals surface area contributed by atoms with Gasteiger partial charge in [0.15, 0.2) is 0 Å². The summed E-state index contributed by atoms with van der Waals surface area (Å²) < 4.78 is 0. The first-order valence-corrected chi connectivity index (χ1v) is 4.68. The molecule has 1 aliphatic carbocycles. The maximum atomic E-state index is 10.8. The monoisotopic (exact) mass is 170 g/mol. The van der Waals surface area contributed by atoms with Crippen molar-refractivity contribution in [3.05, 3.63) is 0 Å². The van der Waals surface area contributed by atoms with Crippen molar-refractivity contribution in [2.75, 3.05) is 0 Å².